The van der Waals surface area contributed by atoms with Gasteiger partial charge in [0.2, 0.25) is 0 Å². The largest absolute Gasteiger partial charge is 0.394 e. The molecule has 78 heavy (non-hydrogen) atoms. The number of fused-ring (bicyclic) bond motifs is 5. The molecule has 3 unspecified atom stereocenters. The van der Waals surface area contributed by atoms with Crippen molar-refractivity contribution in [1.82, 2.24) is 0 Å². The number of aliphatic hydroxyl groups excluding tert-OH is 14. The first kappa shape index (κ1) is 62.9. The standard InChI is InChI=1S/C55H94O23/c1-10-27-35(60)38(63)42(67)47(72-27)71-22-30-37(62)40(65)46(78-49-44(69)41(66)45(29(21-57)74-49)77-48-43(68)39(64)36(61)28(20-56)73-48)50(75-30)76-34(52(5,6)70)16-11-23(2)24-17-18-53(7)31-14-12-25-26(13-15-32(58)51(25,3)4)55(31,9)33(59)19-54(24,53)8/h12,23-24,26-50,56-70H,10-11,13-22H2,1-9H3/t23-,24?,26?,27-,28-,29-,30-,31?,32+,33-,34-,35-,36-,37-,38+,39+,40+,41-,42-,43-,44-,45-,46-,47+,48-,49+,50+,53+,54-,55+/m1/s1. The summed E-state index contributed by atoms with van der Waals surface area (Å²) in [6.07, 6.45) is -28.0. The summed E-state index contributed by atoms with van der Waals surface area (Å²) in [5, 5.41) is 165. The quantitative estimate of drug-likeness (QED) is 0.0714. The highest BCUT2D eigenvalue weighted by Gasteiger charge is 2.70. The SMILES string of the molecule is CC[C@H]1O[C@H](OC[C@H]2O[C@@H](O[C@H](CC[C@@H](C)C3CC[C@@]4(C)C5CC=C6C(CC[C@H](O)C6(C)C)[C@]5(C)[C@H](O)C[C@]34C)C(C)(C)O)[C@H](O[C@@H]3O[C@H](CO)[C@@H](O[C@H]4O[C@H](CO)[C@@H](O)[C@H](O)[C@H]4O)[C@H](O)[C@H]3O)[C@@H](O)[C@@H]2O)[C@H](O)[C@@H](O)[C@@H]1O. The van der Waals surface area contributed by atoms with Gasteiger partial charge in [0.05, 0.1) is 49.8 Å². The van der Waals surface area contributed by atoms with Crippen molar-refractivity contribution in [2.24, 2.45) is 45.3 Å². The lowest BCUT2D eigenvalue weighted by molar-refractivity contribution is -0.391. The molecule has 7 fully saturated rings. The number of ether oxygens (including phenoxy) is 8. The van der Waals surface area contributed by atoms with Gasteiger partial charge in [-0.1, -0.05) is 60.1 Å². The van der Waals surface area contributed by atoms with Crippen molar-refractivity contribution in [3.63, 3.8) is 0 Å². The maximum atomic E-state index is 12.5. The van der Waals surface area contributed by atoms with Gasteiger partial charge in [-0.3, -0.25) is 0 Å². The highest BCUT2D eigenvalue weighted by Crippen LogP contribution is 2.75. The predicted octanol–water partition coefficient (Wildman–Crippen LogP) is -1.81. The maximum absolute atomic E-state index is 12.5. The Kier molecular flexibility index (Phi) is 19.1. The van der Waals surface area contributed by atoms with Gasteiger partial charge in [0, 0.05) is 10.8 Å². The summed E-state index contributed by atoms with van der Waals surface area (Å²) in [5.74, 6) is 0.548. The number of aliphatic hydroxyl groups is 15. The second-order valence-electron chi connectivity index (χ2n) is 26.1. The molecule has 15 N–H and O–H groups in total. The summed E-state index contributed by atoms with van der Waals surface area (Å²) in [6, 6.07) is 0. The van der Waals surface area contributed by atoms with Crippen molar-refractivity contribution < 1.29 is 114 Å². The van der Waals surface area contributed by atoms with E-state index in [-0.39, 0.29) is 58.2 Å². The smallest absolute Gasteiger partial charge is 0.187 e. The Morgan fingerprint density at radius 3 is 1.76 bits per heavy atom. The molecule has 30 atom stereocenters. The second kappa shape index (κ2) is 23.7. The van der Waals surface area contributed by atoms with Gasteiger partial charge in [-0.25, -0.2) is 0 Å². The Bertz CT molecular complexity index is 2020. The van der Waals surface area contributed by atoms with E-state index >= 15 is 0 Å². The highest BCUT2D eigenvalue weighted by atomic mass is 16.8. The number of rotatable bonds is 17. The molecule has 23 nitrogen and oxygen atoms in total. The molecule has 0 spiro atoms. The van der Waals surface area contributed by atoms with Gasteiger partial charge in [-0.2, -0.15) is 0 Å². The Morgan fingerprint density at radius 2 is 1.14 bits per heavy atom. The molecule has 0 radical (unpaired) electrons. The van der Waals surface area contributed by atoms with Crippen molar-refractivity contribution in [3.8, 4) is 0 Å². The van der Waals surface area contributed by atoms with Crippen LogP contribution in [-0.2, 0) is 37.9 Å². The second-order valence-corrected chi connectivity index (χ2v) is 26.1. The number of hydrogen-bond donors (Lipinski definition) is 15. The third-order valence-electron chi connectivity index (χ3n) is 21.0. The summed E-state index contributed by atoms with van der Waals surface area (Å²) >= 11 is 0. The van der Waals surface area contributed by atoms with E-state index in [4.69, 9.17) is 37.9 Å². The number of hydrogen-bond acceptors (Lipinski definition) is 23. The van der Waals surface area contributed by atoms with Crippen LogP contribution in [0.25, 0.3) is 0 Å². The first-order chi connectivity index (χ1) is 36.4. The molecular formula is C55H94O23. The normalized spacial score (nSPS) is 51.4. The van der Waals surface area contributed by atoms with Gasteiger partial charge >= 0.3 is 0 Å². The zero-order valence-corrected chi connectivity index (χ0v) is 46.6. The van der Waals surface area contributed by atoms with E-state index in [2.05, 4.69) is 47.6 Å². The molecule has 0 aromatic heterocycles. The van der Waals surface area contributed by atoms with Crippen molar-refractivity contribution in [1.29, 1.82) is 0 Å². The Balaban J connectivity index is 1.01. The molecule has 452 valence electrons. The van der Waals surface area contributed by atoms with Crippen LogP contribution in [0, 0.1) is 45.3 Å². The Hall–Kier alpha value is -1.18. The number of allylic oxidation sites excluding steroid dienone is 1. The maximum Gasteiger partial charge on any atom is 0.187 e. The van der Waals surface area contributed by atoms with Crippen LogP contribution in [0.15, 0.2) is 11.6 Å². The lowest BCUT2D eigenvalue weighted by Crippen LogP contribution is -2.67. The summed E-state index contributed by atoms with van der Waals surface area (Å²) in [6.45, 7) is 15.9. The molecule has 8 rings (SSSR count). The molecule has 0 aromatic rings. The minimum Gasteiger partial charge on any atom is -0.394 e. The minimum atomic E-state index is -2.07. The molecule has 4 aliphatic carbocycles. The molecule has 23 heteroatoms. The molecule has 0 aromatic carbocycles. The Labute approximate surface area is 457 Å². The zero-order valence-electron chi connectivity index (χ0n) is 46.6. The first-order valence-electron chi connectivity index (χ1n) is 28.4. The molecular weight excluding hydrogens is 1030 g/mol. The zero-order chi connectivity index (χ0) is 57.5. The third kappa shape index (κ3) is 11.0. The predicted molar refractivity (Wildman–Crippen MR) is 271 cm³/mol. The van der Waals surface area contributed by atoms with Crippen molar-refractivity contribution in [2.45, 2.75) is 267 Å². The van der Waals surface area contributed by atoms with Crippen LogP contribution in [-0.4, -0.2) is 243 Å². The van der Waals surface area contributed by atoms with Crippen LogP contribution in [0.3, 0.4) is 0 Å². The van der Waals surface area contributed by atoms with Gasteiger partial charge < -0.3 is 114 Å². The fourth-order valence-corrected chi connectivity index (χ4v) is 15.7. The van der Waals surface area contributed by atoms with E-state index in [9.17, 15) is 76.6 Å². The van der Waals surface area contributed by atoms with E-state index in [1.54, 1.807) is 6.92 Å². The average Bonchev–Trinajstić information content (AvgIpc) is 2.83. The van der Waals surface area contributed by atoms with Gasteiger partial charge in [0.1, 0.15) is 91.6 Å². The summed E-state index contributed by atoms with van der Waals surface area (Å²) in [4.78, 5) is 0. The molecule has 4 saturated heterocycles. The fourth-order valence-electron chi connectivity index (χ4n) is 15.7. The van der Waals surface area contributed by atoms with Crippen LogP contribution in [0.5, 0.6) is 0 Å². The highest BCUT2D eigenvalue weighted by molar-refractivity contribution is 5.31. The van der Waals surface area contributed by atoms with Crippen LogP contribution in [0.4, 0.5) is 0 Å². The minimum absolute atomic E-state index is 0.0386. The summed E-state index contributed by atoms with van der Waals surface area (Å²) < 4.78 is 47.7. The lowest BCUT2D eigenvalue weighted by Gasteiger charge is -2.67. The molecule has 0 amide bonds. The van der Waals surface area contributed by atoms with Crippen LogP contribution in [0.1, 0.15) is 120 Å². The molecule has 3 saturated carbocycles. The van der Waals surface area contributed by atoms with Crippen LogP contribution < -0.4 is 0 Å². The molecule has 4 aliphatic heterocycles. The van der Waals surface area contributed by atoms with Crippen molar-refractivity contribution >= 4 is 0 Å². The van der Waals surface area contributed by atoms with E-state index < -0.39 is 167 Å². The molecule has 0 bridgehead atoms. The topological polar surface area (TPSA) is 377 Å². The van der Waals surface area contributed by atoms with Crippen molar-refractivity contribution in [3.05, 3.63) is 11.6 Å². The van der Waals surface area contributed by atoms with E-state index in [0.29, 0.717) is 19.3 Å². The van der Waals surface area contributed by atoms with E-state index in [0.717, 1.165) is 25.7 Å². The molecule has 4 heterocycles. The third-order valence-corrected chi connectivity index (χ3v) is 21.0. The van der Waals surface area contributed by atoms with Gasteiger partial charge in [0.25, 0.3) is 0 Å². The van der Waals surface area contributed by atoms with Gasteiger partial charge in [0.15, 0.2) is 25.2 Å². The summed E-state index contributed by atoms with van der Waals surface area (Å²) in [5.41, 5.74) is -1.51. The van der Waals surface area contributed by atoms with Crippen molar-refractivity contribution in [2.75, 3.05) is 19.8 Å². The first-order valence-corrected chi connectivity index (χ1v) is 28.4. The summed E-state index contributed by atoms with van der Waals surface area (Å²) in [7, 11) is 0. The van der Waals surface area contributed by atoms with Gasteiger partial charge in [-0.15, -0.1) is 0 Å². The van der Waals surface area contributed by atoms with E-state index in [1.807, 2.05) is 0 Å². The van der Waals surface area contributed by atoms with E-state index in [1.165, 1.54) is 19.4 Å². The average molecular weight is 1120 g/mol. The van der Waals surface area contributed by atoms with Crippen LogP contribution >= 0.6 is 0 Å². The fraction of sp³-hybridized carbons (Fsp3) is 0.964. The molecule has 8 aliphatic rings. The van der Waals surface area contributed by atoms with Gasteiger partial charge in [-0.05, 0) is 106 Å². The Morgan fingerprint density at radius 1 is 0.603 bits per heavy atom. The van der Waals surface area contributed by atoms with Crippen LogP contribution in [0.2, 0.25) is 0 Å². The monoisotopic (exact) mass is 1120 g/mol. The lowest BCUT2D eigenvalue weighted by atomic mass is 9.38.